The third-order valence-electron chi connectivity index (χ3n) is 4.48. The third kappa shape index (κ3) is 3.98. The van der Waals surface area contributed by atoms with Gasteiger partial charge in [-0.2, -0.15) is 0 Å². The third-order valence-corrected chi connectivity index (χ3v) is 4.48. The van der Waals surface area contributed by atoms with Crippen LogP contribution < -0.4 is 10.6 Å². The summed E-state index contributed by atoms with van der Waals surface area (Å²) in [4.78, 5) is 19.5. The molecule has 3 N–H and O–H groups in total. The van der Waals surface area contributed by atoms with Crippen molar-refractivity contribution in [2.45, 2.75) is 6.42 Å². The normalized spacial score (nSPS) is 10.7. The zero-order chi connectivity index (χ0) is 18.5. The maximum absolute atomic E-state index is 12.3. The molecule has 0 saturated carbocycles. The number of nitrogens with one attached hydrogen (secondary N) is 3. The summed E-state index contributed by atoms with van der Waals surface area (Å²) in [5, 5.41) is 7.53. The van der Waals surface area contributed by atoms with E-state index in [1.807, 2.05) is 30.3 Å². The summed E-state index contributed by atoms with van der Waals surface area (Å²) in [6, 6.07) is 19.3. The fourth-order valence-corrected chi connectivity index (χ4v) is 3.06. The van der Waals surface area contributed by atoms with Gasteiger partial charge in [0, 0.05) is 53.0 Å². The Morgan fingerprint density at radius 3 is 2.52 bits per heavy atom. The zero-order valence-corrected chi connectivity index (χ0v) is 14.8. The molecule has 5 nitrogen and oxygen atoms in total. The molecule has 2 aromatic carbocycles. The van der Waals surface area contributed by atoms with Crippen molar-refractivity contribution in [1.82, 2.24) is 9.97 Å². The molecule has 0 fully saturated rings. The van der Waals surface area contributed by atoms with Gasteiger partial charge in [0.2, 0.25) is 0 Å². The number of nitrogens with zero attached hydrogens (tertiary/aromatic N) is 1. The van der Waals surface area contributed by atoms with E-state index >= 15 is 0 Å². The summed E-state index contributed by atoms with van der Waals surface area (Å²) in [7, 11) is 0. The molecule has 0 aliphatic rings. The van der Waals surface area contributed by atoms with Crippen LogP contribution in [-0.2, 0) is 6.42 Å². The van der Waals surface area contributed by atoms with Gasteiger partial charge in [-0.1, -0.05) is 18.2 Å². The Hall–Kier alpha value is -3.60. The second-order valence-corrected chi connectivity index (χ2v) is 6.30. The Morgan fingerprint density at radius 2 is 1.70 bits per heavy atom. The van der Waals surface area contributed by atoms with Crippen LogP contribution in [0.1, 0.15) is 15.9 Å². The van der Waals surface area contributed by atoms with Gasteiger partial charge >= 0.3 is 0 Å². The van der Waals surface area contributed by atoms with Crippen LogP contribution in [0.5, 0.6) is 0 Å². The smallest absolute Gasteiger partial charge is 0.255 e. The summed E-state index contributed by atoms with van der Waals surface area (Å²) in [5.41, 5.74) is 4.81. The highest BCUT2D eigenvalue weighted by Gasteiger charge is 2.06. The van der Waals surface area contributed by atoms with Crippen LogP contribution in [0.15, 0.2) is 79.3 Å². The van der Waals surface area contributed by atoms with Crippen molar-refractivity contribution in [2.75, 3.05) is 17.2 Å². The van der Waals surface area contributed by atoms with Crippen LogP contribution in [0, 0.1) is 0 Å². The fraction of sp³-hybridized carbons (Fsp3) is 0.0909. The minimum atomic E-state index is -0.133. The first-order valence-electron chi connectivity index (χ1n) is 8.90. The lowest BCUT2D eigenvalue weighted by Gasteiger charge is -2.08. The molecule has 2 heterocycles. The highest BCUT2D eigenvalue weighted by molar-refractivity contribution is 6.04. The molecule has 0 aliphatic heterocycles. The fourth-order valence-electron chi connectivity index (χ4n) is 3.06. The van der Waals surface area contributed by atoms with Gasteiger partial charge in [-0.3, -0.25) is 9.78 Å². The molecule has 2 aromatic heterocycles. The van der Waals surface area contributed by atoms with Gasteiger partial charge in [0.25, 0.3) is 5.91 Å². The van der Waals surface area contributed by atoms with E-state index in [0.717, 1.165) is 29.9 Å². The number of hydrogen-bond acceptors (Lipinski definition) is 3. The average molecular weight is 356 g/mol. The van der Waals surface area contributed by atoms with Gasteiger partial charge in [0.15, 0.2) is 0 Å². The largest absolute Gasteiger partial charge is 0.385 e. The SMILES string of the molecule is O=C(Nc1ccncc1)c1ccc(NCCc2c[nH]c3ccccc23)cc1. The second kappa shape index (κ2) is 7.74. The van der Waals surface area contributed by atoms with E-state index in [1.165, 1.54) is 10.9 Å². The quantitative estimate of drug-likeness (QED) is 0.477. The minimum absolute atomic E-state index is 0.133. The van der Waals surface area contributed by atoms with Crippen molar-refractivity contribution < 1.29 is 4.79 Å². The van der Waals surface area contributed by atoms with Crippen LogP contribution in [0.4, 0.5) is 11.4 Å². The van der Waals surface area contributed by atoms with Crippen molar-refractivity contribution in [2.24, 2.45) is 0 Å². The van der Waals surface area contributed by atoms with Gasteiger partial charge in [-0.15, -0.1) is 0 Å². The van der Waals surface area contributed by atoms with E-state index in [-0.39, 0.29) is 5.91 Å². The number of pyridine rings is 1. The molecule has 0 aliphatic carbocycles. The highest BCUT2D eigenvalue weighted by atomic mass is 16.1. The number of hydrogen-bond donors (Lipinski definition) is 3. The molecule has 5 heteroatoms. The number of carbonyl (C=O) groups excluding carboxylic acids is 1. The van der Waals surface area contributed by atoms with Crippen molar-refractivity contribution in [3.8, 4) is 0 Å². The summed E-state index contributed by atoms with van der Waals surface area (Å²) >= 11 is 0. The molecule has 4 rings (SSSR count). The monoisotopic (exact) mass is 356 g/mol. The zero-order valence-electron chi connectivity index (χ0n) is 14.8. The topological polar surface area (TPSA) is 69.8 Å². The molecule has 0 unspecified atom stereocenters. The number of aromatic nitrogens is 2. The minimum Gasteiger partial charge on any atom is -0.385 e. The molecule has 1 amide bonds. The van der Waals surface area contributed by atoms with E-state index in [2.05, 4.69) is 45.0 Å². The van der Waals surface area contributed by atoms with Gasteiger partial charge in [-0.05, 0) is 54.4 Å². The number of carbonyl (C=O) groups is 1. The molecule has 0 bridgehead atoms. The lowest BCUT2D eigenvalue weighted by molar-refractivity contribution is 0.102. The lowest BCUT2D eigenvalue weighted by atomic mass is 10.1. The Labute approximate surface area is 157 Å². The van der Waals surface area contributed by atoms with Crippen molar-refractivity contribution in [1.29, 1.82) is 0 Å². The van der Waals surface area contributed by atoms with Crippen molar-refractivity contribution >= 4 is 28.2 Å². The molecule has 0 atom stereocenters. The van der Waals surface area contributed by atoms with Crippen molar-refractivity contribution in [3.05, 3.63) is 90.4 Å². The Balaban J connectivity index is 1.33. The summed E-state index contributed by atoms with van der Waals surface area (Å²) in [6.45, 7) is 0.824. The van der Waals surface area contributed by atoms with Gasteiger partial charge < -0.3 is 15.6 Å². The number of fused-ring (bicyclic) bond motifs is 1. The molecule has 0 radical (unpaired) electrons. The van der Waals surface area contributed by atoms with Crippen LogP contribution >= 0.6 is 0 Å². The maximum atomic E-state index is 12.3. The predicted octanol–water partition coefficient (Wildman–Crippen LogP) is 4.47. The molecular formula is C22H20N4O. The molecule has 27 heavy (non-hydrogen) atoms. The Kier molecular flexibility index (Phi) is 4.83. The van der Waals surface area contributed by atoms with Gasteiger partial charge in [0.1, 0.15) is 0 Å². The van der Waals surface area contributed by atoms with Crippen LogP contribution in [0.25, 0.3) is 10.9 Å². The standard InChI is InChI=1S/C22H20N4O/c27-22(26-19-10-12-23-13-11-19)16-5-7-18(8-6-16)24-14-9-17-15-25-21-4-2-1-3-20(17)21/h1-8,10-13,15,24-25H,9,14H2,(H,23,26,27). The molecule has 0 saturated heterocycles. The van der Waals surface area contributed by atoms with Crippen LogP contribution in [0.3, 0.4) is 0 Å². The highest BCUT2D eigenvalue weighted by Crippen LogP contribution is 2.18. The van der Waals surface area contributed by atoms with E-state index in [9.17, 15) is 4.79 Å². The number of anilines is 2. The number of para-hydroxylation sites is 1. The number of rotatable bonds is 6. The second-order valence-electron chi connectivity index (χ2n) is 6.30. The van der Waals surface area contributed by atoms with Gasteiger partial charge in [0.05, 0.1) is 0 Å². The first kappa shape index (κ1) is 16.8. The van der Waals surface area contributed by atoms with E-state index in [4.69, 9.17) is 0 Å². The molecule has 4 aromatic rings. The maximum Gasteiger partial charge on any atom is 0.255 e. The van der Waals surface area contributed by atoms with E-state index in [0.29, 0.717) is 5.56 Å². The summed E-state index contributed by atoms with van der Waals surface area (Å²) in [5.74, 6) is -0.133. The first-order valence-corrected chi connectivity index (χ1v) is 8.90. The van der Waals surface area contributed by atoms with E-state index in [1.54, 1.807) is 24.5 Å². The predicted molar refractivity (Wildman–Crippen MR) is 109 cm³/mol. The van der Waals surface area contributed by atoms with Crippen molar-refractivity contribution in [3.63, 3.8) is 0 Å². The lowest BCUT2D eigenvalue weighted by Crippen LogP contribution is -2.12. The number of H-pyrrole nitrogens is 1. The number of benzene rings is 2. The van der Waals surface area contributed by atoms with E-state index < -0.39 is 0 Å². The summed E-state index contributed by atoms with van der Waals surface area (Å²) in [6.07, 6.45) is 6.29. The Morgan fingerprint density at radius 1 is 0.926 bits per heavy atom. The van der Waals surface area contributed by atoms with Crippen LogP contribution in [-0.4, -0.2) is 22.4 Å². The first-order chi connectivity index (χ1) is 13.3. The molecular weight excluding hydrogens is 336 g/mol. The number of amides is 1. The molecule has 0 spiro atoms. The van der Waals surface area contributed by atoms with Gasteiger partial charge in [-0.25, -0.2) is 0 Å². The number of aromatic amines is 1. The molecule has 134 valence electrons. The van der Waals surface area contributed by atoms with Crippen LogP contribution in [0.2, 0.25) is 0 Å². The average Bonchev–Trinajstić information content (AvgIpc) is 3.12. The Bertz CT molecular complexity index is 1040. The summed E-state index contributed by atoms with van der Waals surface area (Å²) < 4.78 is 0.